The number of aromatic nitrogens is 2. The molecule has 0 unspecified atom stereocenters. The second kappa shape index (κ2) is 13.4. The second-order valence-electron chi connectivity index (χ2n) is 13.7. The van der Waals surface area contributed by atoms with Crippen molar-refractivity contribution < 1.29 is 0 Å². The zero-order chi connectivity index (χ0) is 35.8. The van der Waals surface area contributed by atoms with Gasteiger partial charge in [-0.25, -0.2) is 9.97 Å². The van der Waals surface area contributed by atoms with Gasteiger partial charge >= 0.3 is 0 Å². The van der Waals surface area contributed by atoms with E-state index in [1.807, 2.05) is 0 Å². The average Bonchev–Trinajstić information content (AvgIpc) is 3.26. The summed E-state index contributed by atoms with van der Waals surface area (Å²) >= 11 is 0. The number of hydrogen-bond acceptors (Lipinski definition) is 2. The molecule has 10 aromatic rings. The van der Waals surface area contributed by atoms with E-state index in [1.165, 1.54) is 21.5 Å². The van der Waals surface area contributed by atoms with Gasteiger partial charge in [0.25, 0.3) is 0 Å². The summed E-state index contributed by atoms with van der Waals surface area (Å²) in [6.45, 7) is 0. The van der Waals surface area contributed by atoms with Gasteiger partial charge in [-0.1, -0.05) is 194 Å². The first-order chi connectivity index (χ1) is 26.8. The molecule has 0 aliphatic carbocycles. The molecule has 0 N–H and O–H groups in total. The topological polar surface area (TPSA) is 25.8 Å². The van der Waals surface area contributed by atoms with E-state index in [1.54, 1.807) is 0 Å². The lowest BCUT2D eigenvalue weighted by Gasteiger charge is -2.18. The second-order valence-corrected chi connectivity index (χ2v) is 13.7. The summed E-state index contributed by atoms with van der Waals surface area (Å²) in [5.74, 6) is 0. The van der Waals surface area contributed by atoms with Crippen LogP contribution in [-0.2, 0) is 0 Å². The smallest absolute Gasteiger partial charge is 0.0979 e. The molecule has 1 heterocycles. The van der Waals surface area contributed by atoms with Crippen LogP contribution in [0.5, 0.6) is 0 Å². The van der Waals surface area contributed by atoms with Crippen molar-refractivity contribution in [1.82, 2.24) is 9.97 Å². The summed E-state index contributed by atoms with van der Waals surface area (Å²) < 4.78 is 0. The van der Waals surface area contributed by atoms with Crippen molar-refractivity contribution in [2.24, 2.45) is 0 Å². The molecule has 9 aromatic carbocycles. The maximum atomic E-state index is 5.75. The van der Waals surface area contributed by atoms with Crippen LogP contribution < -0.4 is 0 Å². The quantitative estimate of drug-likeness (QED) is 0.174. The van der Waals surface area contributed by atoms with Crippen molar-refractivity contribution in [2.75, 3.05) is 0 Å². The van der Waals surface area contributed by atoms with E-state index in [4.69, 9.17) is 9.97 Å². The number of hydrogen-bond donors (Lipinski definition) is 0. The number of benzene rings is 9. The lowest BCUT2D eigenvalue weighted by molar-refractivity contribution is 1.29. The van der Waals surface area contributed by atoms with Crippen molar-refractivity contribution >= 4 is 32.6 Å². The van der Waals surface area contributed by atoms with E-state index in [-0.39, 0.29) is 0 Å². The van der Waals surface area contributed by atoms with Crippen molar-refractivity contribution in [3.8, 4) is 67.0 Å². The molecule has 252 valence electrons. The van der Waals surface area contributed by atoms with Crippen LogP contribution in [0.1, 0.15) is 0 Å². The summed E-state index contributed by atoms with van der Waals surface area (Å²) in [6, 6.07) is 73.3. The first-order valence-electron chi connectivity index (χ1n) is 18.4. The van der Waals surface area contributed by atoms with Crippen LogP contribution in [0.15, 0.2) is 206 Å². The first-order valence-corrected chi connectivity index (χ1v) is 18.4. The van der Waals surface area contributed by atoms with Gasteiger partial charge in [0.1, 0.15) is 0 Å². The number of rotatable bonds is 6. The highest BCUT2D eigenvalue weighted by Crippen LogP contribution is 2.42. The van der Waals surface area contributed by atoms with Crippen LogP contribution in [-0.4, -0.2) is 9.97 Å². The Morgan fingerprint density at radius 3 is 1.06 bits per heavy atom. The molecule has 10 rings (SSSR count). The SMILES string of the molecule is c1ccc(-c2cccc(-c3nc4c(-c5cccc6ccccc56)ccc(-c5cccc6ccccc56)c4nc3-c3cccc(-c4ccccc4)c3)c2)cc1. The normalized spacial score (nSPS) is 11.3. The summed E-state index contributed by atoms with van der Waals surface area (Å²) in [6.07, 6.45) is 0. The van der Waals surface area contributed by atoms with Crippen LogP contribution >= 0.6 is 0 Å². The summed E-state index contributed by atoms with van der Waals surface area (Å²) in [5.41, 5.74) is 14.5. The molecule has 0 saturated carbocycles. The Morgan fingerprint density at radius 1 is 0.241 bits per heavy atom. The van der Waals surface area contributed by atoms with Gasteiger partial charge in [0.2, 0.25) is 0 Å². The summed E-state index contributed by atoms with van der Waals surface area (Å²) in [7, 11) is 0. The molecule has 0 bridgehead atoms. The molecular weight excluding hydrogens is 653 g/mol. The molecule has 0 aliphatic heterocycles. The standard InChI is InChI=1S/C52H34N2/c1-3-15-35(16-4-1)39-23-11-25-41(33-39)49-50(42-26-12-24-40(34-42)36-17-5-2-6-18-36)54-52-48(46-30-14-22-38-20-8-10-28-44(38)46)32-31-47(51(52)53-49)45-29-13-21-37-19-7-9-27-43(37)45/h1-34H. The van der Waals surface area contributed by atoms with Gasteiger partial charge < -0.3 is 0 Å². The van der Waals surface area contributed by atoms with Crippen LogP contribution in [0.2, 0.25) is 0 Å². The third kappa shape index (κ3) is 5.62. The molecule has 0 aliphatic rings. The van der Waals surface area contributed by atoms with E-state index >= 15 is 0 Å². The lowest BCUT2D eigenvalue weighted by Crippen LogP contribution is -2.00. The molecule has 1 aromatic heterocycles. The molecule has 0 saturated heterocycles. The Hall–Kier alpha value is -7.16. The predicted molar refractivity (Wildman–Crippen MR) is 227 cm³/mol. The summed E-state index contributed by atoms with van der Waals surface area (Å²) in [5, 5.41) is 4.76. The monoisotopic (exact) mass is 686 g/mol. The van der Waals surface area contributed by atoms with Crippen molar-refractivity contribution in [1.29, 1.82) is 0 Å². The minimum Gasteiger partial charge on any atom is -0.243 e. The van der Waals surface area contributed by atoms with Gasteiger partial charge in [-0.3, -0.25) is 0 Å². The van der Waals surface area contributed by atoms with E-state index in [0.29, 0.717) is 0 Å². The number of fused-ring (bicyclic) bond motifs is 3. The van der Waals surface area contributed by atoms with Crippen LogP contribution in [0, 0.1) is 0 Å². The Morgan fingerprint density at radius 2 is 0.593 bits per heavy atom. The number of nitrogens with zero attached hydrogens (tertiary/aromatic N) is 2. The van der Waals surface area contributed by atoms with Gasteiger partial charge in [-0.05, 0) is 67.1 Å². The average molecular weight is 687 g/mol. The molecule has 2 nitrogen and oxygen atoms in total. The molecule has 0 fully saturated rings. The van der Waals surface area contributed by atoms with E-state index < -0.39 is 0 Å². The maximum Gasteiger partial charge on any atom is 0.0979 e. The van der Waals surface area contributed by atoms with Gasteiger partial charge in [0.05, 0.1) is 22.4 Å². The van der Waals surface area contributed by atoms with Gasteiger partial charge in [0, 0.05) is 22.3 Å². The molecule has 0 atom stereocenters. The molecule has 0 spiro atoms. The fourth-order valence-electron chi connectivity index (χ4n) is 7.85. The third-order valence-corrected chi connectivity index (χ3v) is 10.5. The van der Waals surface area contributed by atoms with Gasteiger partial charge in [-0.2, -0.15) is 0 Å². The Balaban J connectivity index is 1.32. The molecule has 0 radical (unpaired) electrons. The summed E-state index contributed by atoms with van der Waals surface area (Å²) in [4.78, 5) is 11.5. The Labute approximate surface area is 314 Å². The van der Waals surface area contributed by atoms with Crippen LogP contribution in [0.4, 0.5) is 0 Å². The third-order valence-electron chi connectivity index (χ3n) is 10.5. The van der Waals surface area contributed by atoms with Crippen molar-refractivity contribution in [3.63, 3.8) is 0 Å². The highest BCUT2D eigenvalue weighted by molar-refractivity contribution is 6.11. The zero-order valence-corrected chi connectivity index (χ0v) is 29.5. The fraction of sp³-hybridized carbons (Fsp3) is 0. The zero-order valence-electron chi connectivity index (χ0n) is 29.5. The predicted octanol–water partition coefficient (Wildman–Crippen LogP) is 13.9. The van der Waals surface area contributed by atoms with Crippen LogP contribution in [0.25, 0.3) is 99.6 Å². The highest BCUT2D eigenvalue weighted by atomic mass is 14.8. The maximum absolute atomic E-state index is 5.75. The molecule has 0 amide bonds. The highest BCUT2D eigenvalue weighted by Gasteiger charge is 2.21. The van der Waals surface area contributed by atoms with Gasteiger partial charge in [0.15, 0.2) is 0 Å². The largest absolute Gasteiger partial charge is 0.243 e. The van der Waals surface area contributed by atoms with Crippen LogP contribution in [0.3, 0.4) is 0 Å². The van der Waals surface area contributed by atoms with Gasteiger partial charge in [-0.15, -0.1) is 0 Å². The van der Waals surface area contributed by atoms with E-state index in [0.717, 1.165) is 78.1 Å². The van der Waals surface area contributed by atoms with E-state index in [2.05, 4.69) is 206 Å². The Kier molecular flexibility index (Phi) is 7.85. The minimum atomic E-state index is 0.849. The first kappa shape index (κ1) is 31.6. The molecular formula is C52H34N2. The lowest BCUT2D eigenvalue weighted by atomic mass is 9.91. The fourth-order valence-corrected chi connectivity index (χ4v) is 7.85. The van der Waals surface area contributed by atoms with Crippen molar-refractivity contribution in [3.05, 3.63) is 206 Å². The van der Waals surface area contributed by atoms with Crippen molar-refractivity contribution in [2.45, 2.75) is 0 Å². The molecule has 54 heavy (non-hydrogen) atoms. The Bertz CT molecular complexity index is 2770. The minimum absolute atomic E-state index is 0.849. The molecule has 2 heteroatoms. The van der Waals surface area contributed by atoms with E-state index in [9.17, 15) is 0 Å².